The zero-order valence-electron chi connectivity index (χ0n) is 18.8. The number of fused-ring (bicyclic) bond motifs is 2. The number of hydrogen-bond acceptors (Lipinski definition) is 7. The van der Waals surface area contributed by atoms with Crippen molar-refractivity contribution in [3.8, 4) is 5.75 Å². The third-order valence-electron chi connectivity index (χ3n) is 5.61. The first-order valence-electron chi connectivity index (χ1n) is 10.3. The third kappa shape index (κ3) is 4.28. The number of hydrogen-bond donors (Lipinski definition) is 0. The molecule has 0 aliphatic carbocycles. The Morgan fingerprint density at radius 1 is 1.18 bits per heavy atom. The number of aromatic nitrogens is 1. The lowest BCUT2D eigenvalue weighted by molar-refractivity contribution is -0.166. The Morgan fingerprint density at radius 2 is 1.94 bits per heavy atom. The van der Waals surface area contributed by atoms with Gasteiger partial charge in [-0.15, -0.1) is 0 Å². The summed E-state index contributed by atoms with van der Waals surface area (Å²) in [6, 6.07) is 11.5. The molecule has 0 spiro atoms. The molecule has 176 valence electrons. The van der Waals surface area contributed by atoms with Crippen molar-refractivity contribution in [2.75, 3.05) is 32.2 Å². The van der Waals surface area contributed by atoms with Gasteiger partial charge in [-0.1, -0.05) is 11.6 Å². The normalized spacial score (nSPS) is 14.2. The van der Waals surface area contributed by atoms with Crippen LogP contribution in [0.5, 0.6) is 5.75 Å². The smallest absolute Gasteiger partial charge is 0.337 e. The van der Waals surface area contributed by atoms with E-state index < -0.39 is 21.6 Å². The van der Waals surface area contributed by atoms with Crippen LogP contribution in [-0.4, -0.2) is 51.3 Å². The molecule has 0 atom stereocenters. The molecule has 3 aromatic rings. The van der Waals surface area contributed by atoms with E-state index in [0.29, 0.717) is 34.0 Å². The standard InChI is InChI=1S/C23H25ClN2O6S/c1-23(2,22(27)30-4)32-14-17-12-15-11-16(24)5-7-19(15)26(17)33(28,29)18-6-8-20-21(13-18)31-10-9-25(20)3/h5-8,11-13H,9-10,14H2,1-4H3. The van der Waals surface area contributed by atoms with Crippen molar-refractivity contribution in [3.63, 3.8) is 0 Å². The monoisotopic (exact) mass is 492 g/mol. The molecule has 2 aromatic carbocycles. The maximum atomic E-state index is 13.8. The minimum atomic E-state index is -4.03. The molecule has 0 unspecified atom stereocenters. The summed E-state index contributed by atoms with van der Waals surface area (Å²) in [5, 5.41) is 1.11. The molecule has 1 aliphatic heterocycles. The molecular weight excluding hydrogens is 468 g/mol. The van der Waals surface area contributed by atoms with Gasteiger partial charge in [-0.25, -0.2) is 17.2 Å². The quantitative estimate of drug-likeness (QED) is 0.483. The Bertz CT molecular complexity index is 1330. The van der Waals surface area contributed by atoms with Gasteiger partial charge in [-0.2, -0.15) is 0 Å². The van der Waals surface area contributed by atoms with Crippen molar-refractivity contribution in [2.24, 2.45) is 0 Å². The van der Waals surface area contributed by atoms with Crippen molar-refractivity contribution in [2.45, 2.75) is 31.0 Å². The van der Waals surface area contributed by atoms with Gasteiger partial charge in [0.1, 0.15) is 12.4 Å². The fourth-order valence-corrected chi connectivity index (χ4v) is 5.49. The second kappa shape index (κ2) is 8.55. The lowest BCUT2D eigenvalue weighted by Crippen LogP contribution is -2.36. The molecule has 10 heteroatoms. The minimum absolute atomic E-state index is 0.0810. The first-order chi connectivity index (χ1) is 15.5. The molecule has 0 amide bonds. The van der Waals surface area contributed by atoms with E-state index in [9.17, 15) is 13.2 Å². The third-order valence-corrected chi connectivity index (χ3v) is 7.61. The average molecular weight is 493 g/mol. The highest BCUT2D eigenvalue weighted by Crippen LogP contribution is 2.35. The molecule has 0 saturated carbocycles. The van der Waals surface area contributed by atoms with Gasteiger partial charge >= 0.3 is 5.97 Å². The van der Waals surface area contributed by atoms with Crippen molar-refractivity contribution < 1.29 is 27.4 Å². The van der Waals surface area contributed by atoms with E-state index in [1.54, 1.807) is 50.2 Å². The summed E-state index contributed by atoms with van der Waals surface area (Å²) >= 11 is 6.14. The topological polar surface area (TPSA) is 87.1 Å². The Hall–Kier alpha value is -2.75. The summed E-state index contributed by atoms with van der Waals surface area (Å²) in [6.07, 6.45) is 0. The van der Waals surface area contributed by atoms with Gasteiger partial charge in [0, 0.05) is 23.5 Å². The SMILES string of the molecule is COC(=O)C(C)(C)OCc1cc2cc(Cl)ccc2n1S(=O)(=O)c1ccc2c(c1)OCCN2C. The van der Waals surface area contributed by atoms with E-state index in [4.69, 9.17) is 25.8 Å². The lowest BCUT2D eigenvalue weighted by Gasteiger charge is -2.28. The predicted octanol–water partition coefficient (Wildman–Crippen LogP) is 3.83. The second-order valence-electron chi connectivity index (χ2n) is 8.30. The van der Waals surface area contributed by atoms with Crippen LogP contribution in [-0.2, 0) is 30.9 Å². The van der Waals surface area contributed by atoms with Crippen LogP contribution >= 0.6 is 11.6 Å². The van der Waals surface area contributed by atoms with Crippen LogP contribution in [0.4, 0.5) is 5.69 Å². The van der Waals surface area contributed by atoms with Crippen molar-refractivity contribution in [3.05, 3.63) is 53.2 Å². The van der Waals surface area contributed by atoms with E-state index in [2.05, 4.69) is 0 Å². The van der Waals surface area contributed by atoms with E-state index >= 15 is 0 Å². The number of methoxy groups -OCH3 is 1. The molecule has 1 aromatic heterocycles. The number of anilines is 1. The minimum Gasteiger partial charge on any atom is -0.490 e. The largest absolute Gasteiger partial charge is 0.490 e. The number of rotatable bonds is 6. The molecule has 0 saturated heterocycles. The van der Waals surface area contributed by atoms with E-state index in [1.807, 2.05) is 11.9 Å². The molecule has 0 N–H and O–H groups in total. The molecule has 4 rings (SSSR count). The summed E-state index contributed by atoms with van der Waals surface area (Å²) in [6.45, 7) is 4.18. The summed E-state index contributed by atoms with van der Waals surface area (Å²) in [7, 11) is -0.833. The van der Waals surface area contributed by atoms with Crippen LogP contribution in [0, 0.1) is 0 Å². The highest BCUT2D eigenvalue weighted by Gasteiger charge is 2.32. The molecule has 33 heavy (non-hydrogen) atoms. The van der Waals surface area contributed by atoms with Crippen LogP contribution < -0.4 is 9.64 Å². The average Bonchev–Trinajstić information content (AvgIpc) is 3.15. The maximum Gasteiger partial charge on any atom is 0.337 e. The number of nitrogens with zero attached hydrogens (tertiary/aromatic N) is 2. The number of halogens is 1. The zero-order valence-corrected chi connectivity index (χ0v) is 20.4. The van der Waals surface area contributed by atoms with E-state index in [-0.39, 0.29) is 11.5 Å². The van der Waals surface area contributed by atoms with Gasteiger partial charge in [0.05, 0.1) is 42.1 Å². The lowest BCUT2D eigenvalue weighted by atomic mass is 10.1. The van der Waals surface area contributed by atoms with Crippen LogP contribution in [0.2, 0.25) is 5.02 Å². The fraction of sp³-hybridized carbons (Fsp3) is 0.348. The van der Waals surface area contributed by atoms with Gasteiger partial charge in [-0.3, -0.25) is 0 Å². The Balaban J connectivity index is 1.82. The van der Waals surface area contributed by atoms with Gasteiger partial charge in [0.15, 0.2) is 5.60 Å². The van der Waals surface area contributed by atoms with Gasteiger partial charge in [0.2, 0.25) is 0 Å². The van der Waals surface area contributed by atoms with Crippen LogP contribution in [0.25, 0.3) is 10.9 Å². The number of carbonyl (C=O) groups excluding carboxylic acids is 1. The van der Waals surface area contributed by atoms with Gasteiger partial charge < -0.3 is 19.1 Å². The first kappa shape index (κ1) is 23.4. The zero-order chi connectivity index (χ0) is 24.0. The maximum absolute atomic E-state index is 13.8. The molecule has 8 nitrogen and oxygen atoms in total. The van der Waals surface area contributed by atoms with Gasteiger partial charge in [-0.05, 0) is 50.2 Å². The van der Waals surface area contributed by atoms with E-state index in [0.717, 1.165) is 12.2 Å². The Labute approximate surface area is 197 Å². The van der Waals surface area contributed by atoms with Crippen molar-refractivity contribution >= 4 is 44.2 Å². The number of likely N-dealkylation sites (N-methyl/N-ethyl adjacent to an activating group) is 1. The molecular formula is C23H25ClN2O6S. The molecule has 0 radical (unpaired) electrons. The highest BCUT2D eigenvalue weighted by atomic mass is 35.5. The summed E-state index contributed by atoms with van der Waals surface area (Å²) in [5.41, 5.74) is 0.360. The van der Waals surface area contributed by atoms with Crippen molar-refractivity contribution in [1.29, 1.82) is 0 Å². The Morgan fingerprint density at radius 3 is 2.67 bits per heavy atom. The Kier molecular flexibility index (Phi) is 6.07. The molecule has 2 heterocycles. The van der Waals surface area contributed by atoms with Crippen LogP contribution in [0.3, 0.4) is 0 Å². The fourth-order valence-electron chi connectivity index (χ4n) is 3.77. The summed E-state index contributed by atoms with van der Waals surface area (Å²) in [5.74, 6) is -0.0547. The van der Waals surface area contributed by atoms with Crippen LogP contribution in [0.15, 0.2) is 47.4 Å². The molecule has 1 aliphatic rings. The number of carbonyl (C=O) groups is 1. The predicted molar refractivity (Wildman–Crippen MR) is 126 cm³/mol. The van der Waals surface area contributed by atoms with E-state index in [1.165, 1.54) is 17.1 Å². The van der Waals surface area contributed by atoms with Crippen molar-refractivity contribution in [1.82, 2.24) is 3.97 Å². The second-order valence-corrected chi connectivity index (χ2v) is 10.5. The number of ether oxygens (including phenoxy) is 3. The van der Waals surface area contributed by atoms with Gasteiger partial charge in [0.25, 0.3) is 10.0 Å². The first-order valence-corrected chi connectivity index (χ1v) is 12.1. The molecule has 0 fully saturated rings. The summed E-state index contributed by atoms with van der Waals surface area (Å²) < 4.78 is 45.1. The number of esters is 1. The highest BCUT2D eigenvalue weighted by molar-refractivity contribution is 7.90. The summed E-state index contributed by atoms with van der Waals surface area (Å²) in [4.78, 5) is 14.1. The van der Waals surface area contributed by atoms with Crippen LogP contribution in [0.1, 0.15) is 19.5 Å². The number of benzene rings is 2. The molecule has 0 bridgehead atoms.